The molecular weight excluding hydrogens is 242 g/mol. The van der Waals surface area contributed by atoms with E-state index < -0.39 is 5.97 Å². The van der Waals surface area contributed by atoms with Gasteiger partial charge in [-0.3, -0.25) is 4.79 Å². The van der Waals surface area contributed by atoms with Crippen molar-refractivity contribution < 1.29 is 14.7 Å². The van der Waals surface area contributed by atoms with E-state index in [1.807, 2.05) is 4.90 Å². The van der Waals surface area contributed by atoms with Crippen molar-refractivity contribution in [1.82, 2.24) is 0 Å². The Morgan fingerprint density at radius 2 is 2.00 bits per heavy atom. The van der Waals surface area contributed by atoms with Crippen LogP contribution in [0.15, 0.2) is 18.2 Å². The van der Waals surface area contributed by atoms with E-state index in [0.29, 0.717) is 5.56 Å². The minimum Gasteiger partial charge on any atom is -0.478 e. The molecule has 0 radical (unpaired) electrons. The van der Waals surface area contributed by atoms with E-state index in [0.717, 1.165) is 49.9 Å². The average molecular weight is 259 g/mol. The molecule has 1 aliphatic carbocycles. The summed E-state index contributed by atoms with van der Waals surface area (Å²) in [5, 5.41) is 9.02. The third kappa shape index (κ3) is 2.11. The Morgan fingerprint density at radius 3 is 2.63 bits per heavy atom. The van der Waals surface area contributed by atoms with Crippen LogP contribution in [0.25, 0.3) is 0 Å². The molecule has 0 atom stereocenters. The number of carboxylic acid groups (broad SMARTS) is 1. The van der Waals surface area contributed by atoms with Gasteiger partial charge in [0.05, 0.1) is 5.56 Å². The van der Waals surface area contributed by atoms with Gasteiger partial charge in [-0.05, 0) is 49.4 Å². The number of nitrogens with zero attached hydrogens (tertiary/aromatic N) is 1. The van der Waals surface area contributed by atoms with E-state index in [1.165, 1.54) is 0 Å². The summed E-state index contributed by atoms with van der Waals surface area (Å²) in [5.41, 5.74) is 2.20. The van der Waals surface area contributed by atoms with E-state index >= 15 is 0 Å². The molecule has 2 aliphatic rings. The van der Waals surface area contributed by atoms with E-state index in [-0.39, 0.29) is 11.8 Å². The van der Waals surface area contributed by atoms with Gasteiger partial charge in [0.15, 0.2) is 0 Å². The van der Waals surface area contributed by atoms with Crippen LogP contribution in [0.2, 0.25) is 0 Å². The molecule has 1 aromatic carbocycles. The summed E-state index contributed by atoms with van der Waals surface area (Å²) in [6.07, 6.45) is 4.91. The second-order valence-electron chi connectivity index (χ2n) is 5.37. The molecule has 4 heteroatoms. The molecular formula is C15H17NO3. The average Bonchev–Trinajstić information content (AvgIpc) is 2.35. The number of rotatable bonds is 2. The van der Waals surface area contributed by atoms with Crippen LogP contribution >= 0.6 is 0 Å². The van der Waals surface area contributed by atoms with E-state index in [4.69, 9.17) is 5.11 Å². The zero-order valence-corrected chi connectivity index (χ0v) is 10.8. The van der Waals surface area contributed by atoms with Crippen LogP contribution in [-0.4, -0.2) is 23.5 Å². The summed E-state index contributed by atoms with van der Waals surface area (Å²) in [6.45, 7) is 0.759. The predicted octanol–water partition coefficient (Wildman–Crippen LogP) is 2.46. The maximum absolute atomic E-state index is 12.4. The predicted molar refractivity (Wildman–Crippen MR) is 71.4 cm³/mol. The van der Waals surface area contributed by atoms with Crippen molar-refractivity contribution >= 4 is 17.6 Å². The van der Waals surface area contributed by atoms with Gasteiger partial charge in [0, 0.05) is 18.2 Å². The third-order valence-corrected chi connectivity index (χ3v) is 4.17. The second-order valence-corrected chi connectivity index (χ2v) is 5.37. The maximum atomic E-state index is 12.4. The number of benzene rings is 1. The van der Waals surface area contributed by atoms with E-state index in [1.54, 1.807) is 18.2 Å². The van der Waals surface area contributed by atoms with Gasteiger partial charge in [-0.25, -0.2) is 4.79 Å². The van der Waals surface area contributed by atoms with Crippen molar-refractivity contribution in [3.63, 3.8) is 0 Å². The summed E-state index contributed by atoms with van der Waals surface area (Å²) in [4.78, 5) is 25.2. The van der Waals surface area contributed by atoms with Crippen LogP contribution < -0.4 is 4.90 Å². The quantitative estimate of drug-likeness (QED) is 0.887. The van der Waals surface area contributed by atoms with E-state index in [9.17, 15) is 9.59 Å². The first-order valence-corrected chi connectivity index (χ1v) is 6.84. The maximum Gasteiger partial charge on any atom is 0.335 e. The molecule has 100 valence electrons. The van der Waals surface area contributed by atoms with Gasteiger partial charge >= 0.3 is 5.97 Å². The first-order chi connectivity index (χ1) is 9.16. The van der Waals surface area contributed by atoms with Gasteiger partial charge in [0.1, 0.15) is 0 Å². The van der Waals surface area contributed by atoms with Crippen molar-refractivity contribution in [2.75, 3.05) is 11.4 Å². The van der Waals surface area contributed by atoms with Crippen LogP contribution in [0.5, 0.6) is 0 Å². The Kier molecular flexibility index (Phi) is 3.01. The van der Waals surface area contributed by atoms with Gasteiger partial charge in [0.25, 0.3) is 0 Å². The van der Waals surface area contributed by atoms with E-state index in [2.05, 4.69) is 0 Å². The van der Waals surface area contributed by atoms with Crippen LogP contribution in [0, 0.1) is 5.92 Å². The van der Waals surface area contributed by atoms with Gasteiger partial charge in [-0.15, -0.1) is 0 Å². The van der Waals surface area contributed by atoms with Gasteiger partial charge < -0.3 is 10.0 Å². The number of carbonyl (C=O) groups is 2. The molecule has 19 heavy (non-hydrogen) atoms. The lowest BCUT2D eigenvalue weighted by molar-refractivity contribution is -0.124. The molecule has 1 heterocycles. The topological polar surface area (TPSA) is 57.6 Å². The third-order valence-electron chi connectivity index (χ3n) is 4.17. The van der Waals surface area contributed by atoms with Crippen LogP contribution in [0.4, 0.5) is 5.69 Å². The zero-order valence-electron chi connectivity index (χ0n) is 10.8. The number of aromatic carboxylic acids is 1. The number of carboxylic acids is 1. The Balaban J connectivity index is 1.91. The molecule has 3 rings (SSSR count). The molecule has 1 N–H and O–H groups in total. The lowest BCUT2D eigenvalue weighted by atomic mass is 9.83. The largest absolute Gasteiger partial charge is 0.478 e. The molecule has 4 nitrogen and oxygen atoms in total. The van der Waals surface area contributed by atoms with Crippen LogP contribution in [0.3, 0.4) is 0 Å². The summed E-state index contributed by atoms with van der Waals surface area (Å²) in [5.74, 6) is -0.509. The number of amides is 1. The molecule has 1 aromatic rings. The molecule has 1 saturated carbocycles. The highest BCUT2D eigenvalue weighted by Gasteiger charge is 2.32. The second kappa shape index (κ2) is 4.68. The fourth-order valence-corrected chi connectivity index (χ4v) is 2.83. The Labute approximate surface area is 112 Å². The first kappa shape index (κ1) is 12.2. The van der Waals surface area contributed by atoms with Gasteiger partial charge in [-0.1, -0.05) is 6.42 Å². The molecule has 0 unspecified atom stereocenters. The van der Waals surface area contributed by atoms with Crippen molar-refractivity contribution in [2.24, 2.45) is 5.92 Å². The molecule has 0 saturated heterocycles. The van der Waals surface area contributed by atoms with Gasteiger partial charge in [0.2, 0.25) is 5.91 Å². The number of fused-ring (bicyclic) bond motifs is 1. The fourth-order valence-electron chi connectivity index (χ4n) is 2.83. The number of aryl methyl sites for hydroxylation is 1. The minimum atomic E-state index is -0.912. The highest BCUT2D eigenvalue weighted by atomic mass is 16.4. The molecule has 1 fully saturated rings. The number of carbonyl (C=O) groups excluding carboxylic acids is 1. The molecule has 1 aliphatic heterocycles. The molecule has 1 amide bonds. The monoisotopic (exact) mass is 259 g/mol. The van der Waals surface area contributed by atoms with Gasteiger partial charge in [-0.2, -0.15) is 0 Å². The summed E-state index contributed by atoms with van der Waals surface area (Å²) >= 11 is 0. The van der Waals surface area contributed by atoms with Crippen LogP contribution in [-0.2, 0) is 11.2 Å². The Hall–Kier alpha value is -1.84. The Morgan fingerprint density at radius 1 is 1.21 bits per heavy atom. The standard InChI is InChI=1S/C15H17NO3/c17-14(10-3-1-4-10)16-8-2-5-11-9-12(15(18)19)6-7-13(11)16/h6-7,9-10H,1-5,8H2,(H,18,19). The highest BCUT2D eigenvalue weighted by molar-refractivity contribution is 5.97. The van der Waals surface area contributed by atoms with Crippen molar-refractivity contribution in [3.8, 4) is 0 Å². The normalized spacial score (nSPS) is 18.6. The smallest absolute Gasteiger partial charge is 0.335 e. The lowest BCUT2D eigenvalue weighted by Crippen LogP contribution is -2.41. The Bertz CT molecular complexity index is 534. The zero-order chi connectivity index (χ0) is 13.4. The first-order valence-electron chi connectivity index (χ1n) is 6.84. The van der Waals surface area contributed by atoms with Crippen molar-refractivity contribution in [1.29, 1.82) is 0 Å². The summed E-state index contributed by atoms with van der Waals surface area (Å²) in [6, 6.07) is 5.08. The van der Waals surface area contributed by atoms with Crippen molar-refractivity contribution in [2.45, 2.75) is 32.1 Å². The SMILES string of the molecule is O=C(O)c1ccc2c(c1)CCCN2C(=O)C1CCC1. The minimum absolute atomic E-state index is 0.185. The molecule has 0 spiro atoms. The summed E-state index contributed by atoms with van der Waals surface area (Å²) < 4.78 is 0. The summed E-state index contributed by atoms with van der Waals surface area (Å²) in [7, 11) is 0. The number of anilines is 1. The molecule has 0 bridgehead atoms. The fraction of sp³-hybridized carbons (Fsp3) is 0.467. The van der Waals surface area contributed by atoms with Crippen LogP contribution in [0.1, 0.15) is 41.6 Å². The number of hydrogen-bond donors (Lipinski definition) is 1. The highest BCUT2D eigenvalue weighted by Crippen LogP contribution is 2.34. The molecule has 0 aromatic heterocycles. The lowest BCUT2D eigenvalue weighted by Gasteiger charge is -2.35. The number of hydrogen-bond acceptors (Lipinski definition) is 2. The van der Waals surface area contributed by atoms with Crippen molar-refractivity contribution in [3.05, 3.63) is 29.3 Å².